The van der Waals surface area contributed by atoms with Gasteiger partial charge in [0.1, 0.15) is 5.75 Å². The van der Waals surface area contributed by atoms with Crippen molar-refractivity contribution in [3.05, 3.63) is 65.2 Å². The molecule has 0 bridgehead atoms. The highest BCUT2D eigenvalue weighted by molar-refractivity contribution is 5.95. The summed E-state index contributed by atoms with van der Waals surface area (Å²) in [6.07, 6.45) is 0.948. The summed E-state index contributed by atoms with van der Waals surface area (Å²) in [6.45, 7) is 8.23. The molecule has 0 heterocycles. The van der Waals surface area contributed by atoms with Crippen LogP contribution in [0, 0.1) is 0 Å². The Kier molecular flexibility index (Phi) is 6.39. The van der Waals surface area contributed by atoms with Crippen molar-refractivity contribution in [1.29, 1.82) is 0 Å². The van der Waals surface area contributed by atoms with Gasteiger partial charge < -0.3 is 4.74 Å². The Morgan fingerprint density at radius 3 is 2.08 bits per heavy atom. The van der Waals surface area contributed by atoms with Crippen LogP contribution in [0.15, 0.2) is 48.5 Å². The van der Waals surface area contributed by atoms with Gasteiger partial charge in [0.25, 0.3) is 11.8 Å². The predicted molar refractivity (Wildman–Crippen MR) is 102 cm³/mol. The zero-order valence-corrected chi connectivity index (χ0v) is 15.8. The first-order valence-corrected chi connectivity index (χ1v) is 8.71. The minimum absolute atomic E-state index is 0.0237. The van der Waals surface area contributed by atoms with Crippen molar-refractivity contribution in [2.24, 2.45) is 0 Å². The van der Waals surface area contributed by atoms with E-state index in [4.69, 9.17) is 4.74 Å². The average Bonchev–Trinajstić information content (AvgIpc) is 2.64. The second-order valence-electron chi connectivity index (χ2n) is 7.12. The summed E-state index contributed by atoms with van der Waals surface area (Å²) in [4.78, 5) is 23.9. The largest absolute Gasteiger partial charge is 0.484 e. The lowest BCUT2D eigenvalue weighted by Crippen LogP contribution is -2.43. The van der Waals surface area contributed by atoms with E-state index < -0.39 is 5.91 Å². The fourth-order valence-corrected chi connectivity index (χ4v) is 2.33. The van der Waals surface area contributed by atoms with Gasteiger partial charge in [0.05, 0.1) is 0 Å². The van der Waals surface area contributed by atoms with E-state index in [2.05, 4.69) is 38.5 Å². The molecule has 0 saturated heterocycles. The molecule has 0 atom stereocenters. The topological polar surface area (TPSA) is 67.4 Å². The molecule has 26 heavy (non-hydrogen) atoms. The van der Waals surface area contributed by atoms with Gasteiger partial charge in [-0.25, -0.2) is 0 Å². The van der Waals surface area contributed by atoms with Crippen LogP contribution in [0.4, 0.5) is 0 Å². The molecular formula is C21H26N2O3. The van der Waals surface area contributed by atoms with Crippen LogP contribution in [-0.2, 0) is 16.6 Å². The first-order chi connectivity index (χ1) is 12.3. The third-order valence-corrected chi connectivity index (χ3v) is 4.03. The minimum Gasteiger partial charge on any atom is -0.484 e. The number of rotatable bonds is 5. The first-order valence-electron chi connectivity index (χ1n) is 8.71. The zero-order valence-electron chi connectivity index (χ0n) is 15.8. The number of carbonyl (C=O) groups is 2. The molecule has 2 aromatic carbocycles. The molecule has 0 fully saturated rings. The van der Waals surface area contributed by atoms with Crippen LogP contribution < -0.4 is 15.6 Å². The molecule has 0 unspecified atom stereocenters. The molecule has 0 spiro atoms. The summed E-state index contributed by atoms with van der Waals surface area (Å²) in [5.74, 6) is -0.184. The van der Waals surface area contributed by atoms with Crippen LogP contribution in [0.25, 0.3) is 0 Å². The van der Waals surface area contributed by atoms with Crippen molar-refractivity contribution in [2.75, 3.05) is 6.61 Å². The van der Waals surface area contributed by atoms with Gasteiger partial charge in [-0.15, -0.1) is 0 Å². The lowest BCUT2D eigenvalue weighted by atomic mass is 9.87. The summed E-state index contributed by atoms with van der Waals surface area (Å²) < 4.78 is 5.40. The highest BCUT2D eigenvalue weighted by Gasteiger charge is 2.14. The Morgan fingerprint density at radius 1 is 0.923 bits per heavy atom. The van der Waals surface area contributed by atoms with Crippen LogP contribution in [0.1, 0.15) is 49.2 Å². The maximum absolute atomic E-state index is 12.1. The lowest BCUT2D eigenvalue weighted by Gasteiger charge is -2.19. The molecule has 2 rings (SSSR count). The number of aryl methyl sites for hydroxylation is 1. The van der Waals surface area contributed by atoms with Gasteiger partial charge in [0, 0.05) is 5.56 Å². The molecule has 0 saturated carbocycles. The third-order valence-electron chi connectivity index (χ3n) is 4.03. The number of hydrazine groups is 1. The standard InChI is InChI=1S/C21H26N2O3/c1-5-15-6-12-18(13-7-15)26-14-19(24)22-23-20(25)16-8-10-17(11-9-16)21(2,3)4/h6-13H,5,14H2,1-4H3,(H,22,24)(H,23,25). The van der Waals surface area contributed by atoms with Crippen LogP contribution in [0.3, 0.4) is 0 Å². The van der Waals surface area contributed by atoms with Gasteiger partial charge in [0.2, 0.25) is 0 Å². The van der Waals surface area contributed by atoms with E-state index >= 15 is 0 Å². The molecule has 0 aromatic heterocycles. The quantitative estimate of drug-likeness (QED) is 0.809. The van der Waals surface area contributed by atoms with E-state index in [1.165, 1.54) is 5.56 Å². The van der Waals surface area contributed by atoms with Gasteiger partial charge in [-0.05, 0) is 47.2 Å². The highest BCUT2D eigenvalue weighted by atomic mass is 16.5. The Labute approximate surface area is 154 Å². The number of nitrogens with one attached hydrogen (secondary N) is 2. The Bertz CT molecular complexity index is 744. The molecule has 0 aliphatic rings. The van der Waals surface area contributed by atoms with Gasteiger partial charge in [0.15, 0.2) is 6.61 Å². The average molecular weight is 354 g/mol. The summed E-state index contributed by atoms with van der Waals surface area (Å²) in [6, 6.07) is 14.9. The van der Waals surface area contributed by atoms with Gasteiger partial charge in [-0.1, -0.05) is 52.0 Å². The summed E-state index contributed by atoms with van der Waals surface area (Å²) >= 11 is 0. The van der Waals surface area contributed by atoms with E-state index in [0.29, 0.717) is 11.3 Å². The molecule has 0 aliphatic carbocycles. The van der Waals surface area contributed by atoms with Gasteiger partial charge in [-0.3, -0.25) is 20.4 Å². The maximum Gasteiger partial charge on any atom is 0.276 e. The molecule has 2 aromatic rings. The zero-order chi connectivity index (χ0) is 19.2. The first kappa shape index (κ1) is 19.5. The number of ether oxygens (including phenoxy) is 1. The van der Waals surface area contributed by atoms with E-state index in [9.17, 15) is 9.59 Å². The molecule has 138 valence electrons. The summed E-state index contributed by atoms with van der Waals surface area (Å²) in [7, 11) is 0. The molecule has 2 amide bonds. The number of amides is 2. The van der Waals surface area contributed by atoms with Crippen molar-refractivity contribution in [2.45, 2.75) is 39.5 Å². The third kappa shape index (κ3) is 5.62. The summed E-state index contributed by atoms with van der Waals surface area (Å²) in [5, 5.41) is 0. The van der Waals surface area contributed by atoms with Crippen molar-refractivity contribution in [3.8, 4) is 5.75 Å². The van der Waals surface area contributed by atoms with E-state index in [0.717, 1.165) is 12.0 Å². The van der Waals surface area contributed by atoms with E-state index in [-0.39, 0.29) is 17.9 Å². The second kappa shape index (κ2) is 8.52. The molecule has 0 aliphatic heterocycles. The van der Waals surface area contributed by atoms with Crippen LogP contribution >= 0.6 is 0 Å². The summed E-state index contributed by atoms with van der Waals surface area (Å²) in [5.41, 5.74) is 7.59. The number of hydrogen-bond donors (Lipinski definition) is 2. The maximum atomic E-state index is 12.1. The second-order valence-corrected chi connectivity index (χ2v) is 7.12. The molecule has 0 radical (unpaired) electrons. The Morgan fingerprint density at radius 2 is 1.54 bits per heavy atom. The number of hydrogen-bond acceptors (Lipinski definition) is 3. The Balaban J connectivity index is 1.79. The fourth-order valence-electron chi connectivity index (χ4n) is 2.33. The highest BCUT2D eigenvalue weighted by Crippen LogP contribution is 2.22. The van der Waals surface area contributed by atoms with Crippen molar-refractivity contribution in [3.63, 3.8) is 0 Å². The molecule has 5 heteroatoms. The molecule has 5 nitrogen and oxygen atoms in total. The smallest absolute Gasteiger partial charge is 0.276 e. The van der Waals surface area contributed by atoms with Gasteiger partial charge >= 0.3 is 0 Å². The van der Waals surface area contributed by atoms with E-state index in [1.54, 1.807) is 12.1 Å². The van der Waals surface area contributed by atoms with Crippen LogP contribution in [0.2, 0.25) is 0 Å². The van der Waals surface area contributed by atoms with Crippen LogP contribution in [0.5, 0.6) is 5.75 Å². The van der Waals surface area contributed by atoms with Gasteiger partial charge in [-0.2, -0.15) is 0 Å². The monoisotopic (exact) mass is 354 g/mol. The SMILES string of the molecule is CCc1ccc(OCC(=O)NNC(=O)c2ccc(C(C)(C)C)cc2)cc1. The Hall–Kier alpha value is -2.82. The number of carbonyl (C=O) groups excluding carboxylic acids is 2. The predicted octanol–water partition coefficient (Wildman–Crippen LogP) is 3.39. The number of benzene rings is 2. The lowest BCUT2D eigenvalue weighted by molar-refractivity contribution is -0.123. The van der Waals surface area contributed by atoms with Crippen LogP contribution in [-0.4, -0.2) is 18.4 Å². The van der Waals surface area contributed by atoms with Crippen molar-refractivity contribution in [1.82, 2.24) is 10.9 Å². The van der Waals surface area contributed by atoms with Crippen molar-refractivity contribution >= 4 is 11.8 Å². The normalized spacial score (nSPS) is 10.9. The molecule has 2 N–H and O–H groups in total. The van der Waals surface area contributed by atoms with Crippen molar-refractivity contribution < 1.29 is 14.3 Å². The fraction of sp³-hybridized carbons (Fsp3) is 0.333. The van der Waals surface area contributed by atoms with E-state index in [1.807, 2.05) is 36.4 Å². The minimum atomic E-state index is -0.427. The molecular weight excluding hydrogens is 328 g/mol.